The molecule has 0 amide bonds. The van der Waals surface area contributed by atoms with Gasteiger partial charge >= 0.3 is 0 Å². The van der Waals surface area contributed by atoms with Gasteiger partial charge in [0.2, 0.25) is 0 Å². The molecular weight excluding hydrogens is 290 g/mol. The van der Waals surface area contributed by atoms with Gasteiger partial charge in [0, 0.05) is 12.6 Å². The van der Waals surface area contributed by atoms with E-state index in [0.717, 1.165) is 22.8 Å². The second kappa shape index (κ2) is 6.58. The molecule has 2 nitrogen and oxygen atoms in total. The van der Waals surface area contributed by atoms with Crippen molar-refractivity contribution in [2.24, 2.45) is 0 Å². The van der Waals surface area contributed by atoms with Gasteiger partial charge in [-0.3, -0.25) is 0 Å². The van der Waals surface area contributed by atoms with Crippen molar-refractivity contribution >= 4 is 15.9 Å². The quantitative estimate of drug-likeness (QED) is 0.877. The number of halogens is 1. The predicted molar refractivity (Wildman–Crippen MR) is 79.0 cm³/mol. The third kappa shape index (κ3) is 3.99. The van der Waals surface area contributed by atoms with Gasteiger partial charge in [0.1, 0.15) is 5.75 Å². The standard InChI is InChI=1S/C15H22BrNO/c1-11(2)18-15-8-7-12(9-14(15)16)10-17-13-5-3-4-6-13/h7-9,11,13,17H,3-6,10H2,1-2H3. The van der Waals surface area contributed by atoms with Crippen LogP contribution in [0.5, 0.6) is 5.75 Å². The Kier molecular flexibility index (Phi) is 5.07. The fraction of sp³-hybridized carbons (Fsp3) is 0.600. The smallest absolute Gasteiger partial charge is 0.133 e. The molecule has 0 spiro atoms. The second-order valence-corrected chi connectivity index (χ2v) is 6.15. The minimum absolute atomic E-state index is 0.212. The zero-order valence-electron chi connectivity index (χ0n) is 11.2. The molecule has 0 unspecified atom stereocenters. The van der Waals surface area contributed by atoms with Crippen LogP contribution in [0.4, 0.5) is 0 Å². The van der Waals surface area contributed by atoms with Crippen molar-refractivity contribution in [3.05, 3.63) is 28.2 Å². The maximum absolute atomic E-state index is 5.71. The Balaban J connectivity index is 1.91. The van der Waals surface area contributed by atoms with Gasteiger partial charge in [-0.05, 0) is 60.3 Å². The average Bonchev–Trinajstić information content (AvgIpc) is 2.82. The van der Waals surface area contributed by atoms with Crippen molar-refractivity contribution in [3.63, 3.8) is 0 Å². The number of nitrogens with one attached hydrogen (secondary N) is 1. The summed E-state index contributed by atoms with van der Waals surface area (Å²) in [6, 6.07) is 7.06. The molecule has 0 radical (unpaired) electrons. The van der Waals surface area contributed by atoms with Crippen LogP contribution >= 0.6 is 15.9 Å². The fourth-order valence-electron chi connectivity index (χ4n) is 2.40. The molecule has 3 heteroatoms. The van der Waals surface area contributed by atoms with Crippen molar-refractivity contribution in [2.75, 3.05) is 0 Å². The van der Waals surface area contributed by atoms with E-state index in [9.17, 15) is 0 Å². The predicted octanol–water partition coefficient (Wildman–Crippen LogP) is 4.27. The minimum Gasteiger partial charge on any atom is -0.490 e. The van der Waals surface area contributed by atoms with Gasteiger partial charge in [0.15, 0.2) is 0 Å². The molecule has 1 aromatic rings. The van der Waals surface area contributed by atoms with E-state index in [1.54, 1.807) is 0 Å². The average molecular weight is 312 g/mol. The summed E-state index contributed by atoms with van der Waals surface area (Å²) in [7, 11) is 0. The van der Waals surface area contributed by atoms with Gasteiger partial charge in [-0.15, -0.1) is 0 Å². The van der Waals surface area contributed by atoms with Gasteiger partial charge in [-0.1, -0.05) is 18.9 Å². The number of hydrogen-bond donors (Lipinski definition) is 1. The van der Waals surface area contributed by atoms with Crippen LogP contribution in [0.2, 0.25) is 0 Å². The molecule has 1 aliphatic carbocycles. The Morgan fingerprint density at radius 1 is 1.33 bits per heavy atom. The number of benzene rings is 1. The number of rotatable bonds is 5. The van der Waals surface area contributed by atoms with Crippen LogP contribution in [0.1, 0.15) is 45.1 Å². The molecule has 1 aliphatic rings. The summed E-state index contributed by atoms with van der Waals surface area (Å²) in [4.78, 5) is 0. The summed E-state index contributed by atoms with van der Waals surface area (Å²) in [6.07, 6.45) is 5.62. The lowest BCUT2D eigenvalue weighted by molar-refractivity contribution is 0.241. The lowest BCUT2D eigenvalue weighted by Crippen LogP contribution is -2.25. The number of ether oxygens (including phenoxy) is 1. The van der Waals surface area contributed by atoms with E-state index < -0.39 is 0 Å². The van der Waals surface area contributed by atoms with Crippen LogP contribution in [0.25, 0.3) is 0 Å². The van der Waals surface area contributed by atoms with E-state index >= 15 is 0 Å². The molecule has 100 valence electrons. The molecule has 1 saturated carbocycles. The van der Waals surface area contributed by atoms with Crippen molar-refractivity contribution in [2.45, 2.75) is 58.2 Å². The lowest BCUT2D eigenvalue weighted by Gasteiger charge is -2.14. The molecule has 0 aliphatic heterocycles. The minimum atomic E-state index is 0.212. The van der Waals surface area contributed by atoms with Crippen molar-refractivity contribution < 1.29 is 4.74 Å². The topological polar surface area (TPSA) is 21.3 Å². The third-order valence-corrected chi connectivity index (χ3v) is 3.93. The van der Waals surface area contributed by atoms with Crippen LogP contribution in [-0.4, -0.2) is 12.1 Å². The Morgan fingerprint density at radius 2 is 2.06 bits per heavy atom. The summed E-state index contributed by atoms with van der Waals surface area (Å²) in [6.45, 7) is 5.04. The van der Waals surface area contributed by atoms with Gasteiger partial charge in [-0.25, -0.2) is 0 Å². The number of hydrogen-bond acceptors (Lipinski definition) is 2. The second-order valence-electron chi connectivity index (χ2n) is 5.29. The first-order valence-electron chi connectivity index (χ1n) is 6.83. The van der Waals surface area contributed by atoms with Gasteiger partial charge < -0.3 is 10.1 Å². The normalized spacial score (nSPS) is 16.4. The van der Waals surface area contributed by atoms with E-state index in [0.29, 0.717) is 0 Å². The Hall–Kier alpha value is -0.540. The highest BCUT2D eigenvalue weighted by molar-refractivity contribution is 9.10. The zero-order chi connectivity index (χ0) is 13.0. The van der Waals surface area contributed by atoms with Crippen molar-refractivity contribution in [3.8, 4) is 5.75 Å². The summed E-state index contributed by atoms with van der Waals surface area (Å²) in [5.41, 5.74) is 1.31. The molecule has 1 aromatic carbocycles. The Labute approximate surface area is 118 Å². The Bertz CT molecular complexity index is 386. The maximum Gasteiger partial charge on any atom is 0.133 e. The maximum atomic E-state index is 5.71. The first kappa shape index (κ1) is 13.9. The summed E-state index contributed by atoms with van der Waals surface area (Å²) in [5, 5.41) is 3.62. The third-order valence-electron chi connectivity index (χ3n) is 3.31. The van der Waals surface area contributed by atoms with Crippen molar-refractivity contribution in [1.29, 1.82) is 0 Å². The highest BCUT2D eigenvalue weighted by atomic mass is 79.9. The molecule has 1 N–H and O–H groups in total. The largest absolute Gasteiger partial charge is 0.490 e. The molecule has 0 heterocycles. The highest BCUT2D eigenvalue weighted by Crippen LogP contribution is 2.27. The first-order chi connectivity index (χ1) is 8.65. The summed E-state index contributed by atoms with van der Waals surface area (Å²) >= 11 is 3.58. The van der Waals surface area contributed by atoms with Gasteiger partial charge in [-0.2, -0.15) is 0 Å². The Morgan fingerprint density at radius 3 is 2.67 bits per heavy atom. The summed E-state index contributed by atoms with van der Waals surface area (Å²) < 4.78 is 6.75. The van der Waals surface area contributed by atoms with Gasteiger partial charge in [0.25, 0.3) is 0 Å². The van der Waals surface area contributed by atoms with E-state index in [4.69, 9.17) is 4.74 Å². The van der Waals surface area contributed by atoms with Crippen LogP contribution in [0.3, 0.4) is 0 Å². The van der Waals surface area contributed by atoms with E-state index in [2.05, 4.69) is 39.4 Å². The van der Waals surface area contributed by atoms with Crippen LogP contribution in [-0.2, 0) is 6.54 Å². The molecule has 1 fully saturated rings. The van der Waals surface area contributed by atoms with Crippen LogP contribution < -0.4 is 10.1 Å². The van der Waals surface area contributed by atoms with E-state index in [1.165, 1.54) is 31.2 Å². The molecule has 0 saturated heterocycles. The highest BCUT2D eigenvalue weighted by Gasteiger charge is 2.14. The molecule has 2 rings (SSSR count). The molecule has 18 heavy (non-hydrogen) atoms. The van der Waals surface area contributed by atoms with Crippen molar-refractivity contribution in [1.82, 2.24) is 5.32 Å². The molecule has 0 aromatic heterocycles. The zero-order valence-corrected chi connectivity index (χ0v) is 12.8. The molecule has 0 bridgehead atoms. The summed E-state index contributed by atoms with van der Waals surface area (Å²) in [5.74, 6) is 0.926. The van der Waals surface area contributed by atoms with Crippen LogP contribution in [0, 0.1) is 0 Å². The van der Waals surface area contributed by atoms with E-state index in [-0.39, 0.29) is 6.10 Å². The monoisotopic (exact) mass is 311 g/mol. The lowest BCUT2D eigenvalue weighted by atomic mass is 10.2. The van der Waals surface area contributed by atoms with Gasteiger partial charge in [0.05, 0.1) is 10.6 Å². The van der Waals surface area contributed by atoms with Crippen LogP contribution in [0.15, 0.2) is 22.7 Å². The fourth-order valence-corrected chi connectivity index (χ4v) is 2.92. The van der Waals surface area contributed by atoms with E-state index in [1.807, 2.05) is 13.8 Å². The molecule has 0 atom stereocenters. The first-order valence-corrected chi connectivity index (χ1v) is 7.63. The molecular formula is C15H22BrNO. The SMILES string of the molecule is CC(C)Oc1ccc(CNC2CCCC2)cc1Br.